The zero-order valence-electron chi connectivity index (χ0n) is 15.3. The van der Waals surface area contributed by atoms with Gasteiger partial charge in [0, 0.05) is 24.2 Å². The Labute approximate surface area is 188 Å². The van der Waals surface area contributed by atoms with Crippen molar-refractivity contribution in [1.29, 1.82) is 0 Å². The molecule has 3 rings (SSSR count). The summed E-state index contributed by atoms with van der Waals surface area (Å²) in [5, 5.41) is 3.48. The van der Waals surface area contributed by atoms with Gasteiger partial charge in [-0.25, -0.2) is 0 Å². The number of benzene rings is 2. The van der Waals surface area contributed by atoms with Gasteiger partial charge in [-0.3, -0.25) is 14.5 Å². The van der Waals surface area contributed by atoms with Crippen LogP contribution in [0.15, 0.2) is 47.4 Å². The second kappa shape index (κ2) is 9.63. The first-order valence-corrected chi connectivity index (χ1v) is 10.5. The van der Waals surface area contributed by atoms with E-state index in [1.54, 1.807) is 31.4 Å². The molecule has 5 nitrogen and oxygen atoms in total. The van der Waals surface area contributed by atoms with Gasteiger partial charge >= 0.3 is 0 Å². The molecule has 1 aliphatic rings. The van der Waals surface area contributed by atoms with E-state index < -0.39 is 0 Å². The Bertz CT molecular complexity index is 1010. The van der Waals surface area contributed by atoms with Crippen molar-refractivity contribution < 1.29 is 14.3 Å². The van der Waals surface area contributed by atoms with Crippen LogP contribution >= 0.6 is 47.2 Å². The van der Waals surface area contributed by atoms with Gasteiger partial charge in [-0.2, -0.15) is 0 Å². The van der Waals surface area contributed by atoms with Crippen LogP contribution in [0.25, 0.3) is 6.08 Å². The Morgan fingerprint density at radius 2 is 2.00 bits per heavy atom. The molecular weight excluding hydrogens is 451 g/mol. The highest BCUT2D eigenvalue weighted by Crippen LogP contribution is 2.34. The lowest BCUT2D eigenvalue weighted by atomic mass is 10.2. The summed E-state index contributed by atoms with van der Waals surface area (Å²) in [5.41, 5.74) is 1.32. The van der Waals surface area contributed by atoms with E-state index in [0.29, 0.717) is 30.7 Å². The largest absolute Gasteiger partial charge is 0.496 e. The van der Waals surface area contributed by atoms with Crippen LogP contribution < -0.4 is 10.1 Å². The average Bonchev–Trinajstić information content (AvgIpc) is 2.96. The number of para-hydroxylation sites is 1. The Morgan fingerprint density at radius 1 is 1.24 bits per heavy atom. The Balaban J connectivity index is 1.63. The maximum Gasteiger partial charge on any atom is 0.266 e. The van der Waals surface area contributed by atoms with Gasteiger partial charge in [0.2, 0.25) is 5.91 Å². The third-order valence-corrected chi connectivity index (χ3v) is 6.18. The zero-order chi connectivity index (χ0) is 21.0. The van der Waals surface area contributed by atoms with Gasteiger partial charge < -0.3 is 10.1 Å². The topological polar surface area (TPSA) is 58.6 Å². The van der Waals surface area contributed by atoms with Gasteiger partial charge in [0.1, 0.15) is 10.1 Å². The van der Waals surface area contributed by atoms with E-state index in [1.807, 2.05) is 24.3 Å². The lowest BCUT2D eigenvalue weighted by Gasteiger charge is -2.14. The molecule has 1 heterocycles. The summed E-state index contributed by atoms with van der Waals surface area (Å²) in [6, 6.07) is 12.2. The molecule has 2 aromatic rings. The highest BCUT2D eigenvalue weighted by Gasteiger charge is 2.32. The number of anilines is 1. The van der Waals surface area contributed by atoms with Crippen LogP contribution in [-0.4, -0.2) is 34.7 Å². The first-order valence-electron chi connectivity index (χ1n) is 8.52. The monoisotopic (exact) mass is 466 g/mol. The first-order chi connectivity index (χ1) is 13.9. The highest BCUT2D eigenvalue weighted by atomic mass is 35.5. The van der Waals surface area contributed by atoms with Crippen LogP contribution in [0.1, 0.15) is 12.0 Å². The summed E-state index contributed by atoms with van der Waals surface area (Å²) in [5.74, 6) is 0.179. The molecule has 0 bridgehead atoms. The number of halogens is 2. The van der Waals surface area contributed by atoms with Crippen LogP contribution in [0.5, 0.6) is 5.75 Å². The molecule has 1 saturated heterocycles. The molecule has 2 amide bonds. The van der Waals surface area contributed by atoms with Crippen LogP contribution in [0, 0.1) is 0 Å². The number of rotatable bonds is 6. The van der Waals surface area contributed by atoms with Crippen molar-refractivity contribution in [3.8, 4) is 5.75 Å². The van der Waals surface area contributed by atoms with Crippen molar-refractivity contribution in [2.45, 2.75) is 6.42 Å². The molecule has 0 spiro atoms. The molecule has 1 N–H and O–H groups in total. The van der Waals surface area contributed by atoms with Gasteiger partial charge in [-0.1, -0.05) is 65.4 Å². The van der Waals surface area contributed by atoms with Gasteiger partial charge in [0.25, 0.3) is 5.91 Å². The second-order valence-corrected chi connectivity index (χ2v) is 8.49. The number of hydrogen-bond acceptors (Lipinski definition) is 5. The number of thiocarbonyl (C=S) groups is 1. The number of carbonyl (C=O) groups is 2. The van der Waals surface area contributed by atoms with Gasteiger partial charge in [0.05, 0.1) is 22.1 Å². The van der Waals surface area contributed by atoms with E-state index in [1.165, 1.54) is 16.7 Å². The van der Waals surface area contributed by atoms with Crippen LogP contribution in [0.4, 0.5) is 5.69 Å². The standard InChI is InChI=1S/C20H16Cl2N2O3S2/c1-27-16-5-3-2-4-12(16)10-17-19(26)24(20(28)29-17)9-8-18(25)23-13-6-7-14(21)15(22)11-13/h2-7,10-11H,8-9H2,1H3,(H,23,25)/b17-10-. The fraction of sp³-hybridized carbons (Fsp3) is 0.150. The quantitative estimate of drug-likeness (QED) is 0.466. The molecule has 0 atom stereocenters. The minimum atomic E-state index is -0.258. The van der Waals surface area contributed by atoms with Crippen LogP contribution in [0.3, 0.4) is 0 Å². The lowest BCUT2D eigenvalue weighted by molar-refractivity contribution is -0.122. The van der Waals surface area contributed by atoms with Crippen molar-refractivity contribution in [1.82, 2.24) is 4.90 Å². The number of nitrogens with zero attached hydrogens (tertiary/aromatic N) is 1. The SMILES string of the molecule is COc1ccccc1/C=C1\SC(=S)N(CCC(=O)Nc2ccc(Cl)c(Cl)c2)C1=O. The lowest BCUT2D eigenvalue weighted by Crippen LogP contribution is -2.31. The Morgan fingerprint density at radius 3 is 2.72 bits per heavy atom. The minimum absolute atomic E-state index is 0.0919. The molecule has 2 aromatic carbocycles. The molecule has 0 unspecified atom stereocenters. The number of methoxy groups -OCH3 is 1. The molecule has 0 aliphatic carbocycles. The van der Waals surface area contributed by atoms with Gasteiger partial charge in [-0.15, -0.1) is 0 Å². The molecule has 0 radical (unpaired) electrons. The average molecular weight is 467 g/mol. The summed E-state index contributed by atoms with van der Waals surface area (Å²) >= 11 is 18.3. The second-order valence-electron chi connectivity index (χ2n) is 6.00. The fourth-order valence-corrected chi connectivity index (χ4v) is 4.23. The minimum Gasteiger partial charge on any atom is -0.496 e. The van der Waals surface area contributed by atoms with E-state index in [2.05, 4.69) is 5.32 Å². The summed E-state index contributed by atoms with van der Waals surface area (Å²) < 4.78 is 5.73. The molecule has 150 valence electrons. The molecular formula is C20H16Cl2N2O3S2. The smallest absolute Gasteiger partial charge is 0.266 e. The maximum atomic E-state index is 12.7. The summed E-state index contributed by atoms with van der Waals surface area (Å²) in [4.78, 5) is 26.9. The molecule has 9 heteroatoms. The van der Waals surface area contributed by atoms with Crippen molar-refractivity contribution in [2.75, 3.05) is 19.0 Å². The highest BCUT2D eigenvalue weighted by molar-refractivity contribution is 8.26. The van der Waals surface area contributed by atoms with Crippen molar-refractivity contribution in [3.05, 3.63) is 63.0 Å². The van der Waals surface area contributed by atoms with E-state index in [4.69, 9.17) is 40.2 Å². The molecule has 29 heavy (non-hydrogen) atoms. The maximum absolute atomic E-state index is 12.7. The van der Waals surface area contributed by atoms with Crippen LogP contribution in [0.2, 0.25) is 10.0 Å². The number of ether oxygens (including phenoxy) is 1. The molecule has 0 saturated carbocycles. The number of hydrogen-bond donors (Lipinski definition) is 1. The van der Waals surface area contributed by atoms with E-state index in [-0.39, 0.29) is 24.8 Å². The summed E-state index contributed by atoms with van der Waals surface area (Å²) in [6.45, 7) is 0.182. The Hall–Kier alpha value is -2.06. The number of carbonyl (C=O) groups excluding carboxylic acids is 2. The summed E-state index contributed by atoms with van der Waals surface area (Å²) in [6.07, 6.45) is 1.84. The summed E-state index contributed by atoms with van der Waals surface area (Å²) in [7, 11) is 1.57. The van der Waals surface area contributed by atoms with E-state index >= 15 is 0 Å². The van der Waals surface area contributed by atoms with Gasteiger partial charge in [-0.05, 0) is 30.3 Å². The third kappa shape index (κ3) is 5.30. The first kappa shape index (κ1) is 21.6. The fourth-order valence-electron chi connectivity index (χ4n) is 2.63. The van der Waals surface area contributed by atoms with Crippen molar-refractivity contribution in [3.63, 3.8) is 0 Å². The van der Waals surface area contributed by atoms with Gasteiger partial charge in [0.15, 0.2) is 0 Å². The number of amides is 2. The Kier molecular flexibility index (Phi) is 7.18. The van der Waals surface area contributed by atoms with E-state index in [9.17, 15) is 9.59 Å². The normalized spacial score (nSPS) is 15.1. The predicted molar refractivity (Wildman–Crippen MR) is 123 cm³/mol. The van der Waals surface area contributed by atoms with Crippen molar-refractivity contribution >= 4 is 75.1 Å². The molecule has 1 fully saturated rings. The number of nitrogens with one attached hydrogen (secondary N) is 1. The van der Waals surface area contributed by atoms with E-state index in [0.717, 1.165) is 5.56 Å². The van der Waals surface area contributed by atoms with Crippen molar-refractivity contribution in [2.24, 2.45) is 0 Å². The molecule has 0 aromatic heterocycles. The predicted octanol–water partition coefficient (Wildman–Crippen LogP) is 5.23. The third-order valence-electron chi connectivity index (χ3n) is 4.06. The zero-order valence-corrected chi connectivity index (χ0v) is 18.4. The number of thioether (sulfide) groups is 1. The van der Waals surface area contributed by atoms with Crippen LogP contribution in [-0.2, 0) is 9.59 Å². The molecule has 1 aliphatic heterocycles.